The number of fused-ring (bicyclic) bond motifs is 1. The SMILES string of the molecule is CCc1ccc(-n2nc(C(=O)NC3CCCNC3C)c3c2CCC3)cc1. The number of amides is 1. The van der Waals surface area contributed by atoms with Crippen LogP contribution in [-0.2, 0) is 19.3 Å². The van der Waals surface area contributed by atoms with Crippen LogP contribution in [0.1, 0.15) is 60.4 Å². The van der Waals surface area contributed by atoms with Gasteiger partial charge >= 0.3 is 0 Å². The summed E-state index contributed by atoms with van der Waals surface area (Å²) in [6.45, 7) is 5.33. The van der Waals surface area contributed by atoms with E-state index in [1.54, 1.807) is 0 Å². The molecule has 0 bridgehead atoms. The Morgan fingerprint density at radius 1 is 1.27 bits per heavy atom. The molecule has 2 heterocycles. The second-order valence-electron chi connectivity index (χ2n) is 7.52. The summed E-state index contributed by atoms with van der Waals surface area (Å²) in [6, 6.07) is 9.01. The Balaban J connectivity index is 1.61. The lowest BCUT2D eigenvalue weighted by molar-refractivity contribution is 0.0913. The van der Waals surface area contributed by atoms with E-state index in [4.69, 9.17) is 5.10 Å². The minimum atomic E-state index is -0.0207. The molecule has 1 saturated heterocycles. The normalized spacial score (nSPS) is 22.2. The fraction of sp³-hybridized carbons (Fsp3) is 0.524. The van der Waals surface area contributed by atoms with E-state index < -0.39 is 0 Å². The topological polar surface area (TPSA) is 59.0 Å². The molecule has 1 aliphatic carbocycles. The molecule has 2 N–H and O–H groups in total. The monoisotopic (exact) mass is 352 g/mol. The van der Waals surface area contributed by atoms with Crippen molar-refractivity contribution < 1.29 is 4.79 Å². The van der Waals surface area contributed by atoms with Crippen LogP contribution in [-0.4, -0.2) is 34.3 Å². The number of rotatable bonds is 4. The van der Waals surface area contributed by atoms with Gasteiger partial charge in [-0.2, -0.15) is 5.10 Å². The average molecular weight is 352 g/mol. The molecule has 2 atom stereocenters. The maximum absolute atomic E-state index is 12.9. The molecule has 0 spiro atoms. The van der Waals surface area contributed by atoms with Crippen molar-refractivity contribution >= 4 is 5.91 Å². The van der Waals surface area contributed by atoms with Crippen molar-refractivity contribution in [2.24, 2.45) is 0 Å². The van der Waals surface area contributed by atoms with E-state index in [2.05, 4.69) is 48.7 Å². The number of aryl methyl sites for hydroxylation is 1. The first-order chi connectivity index (χ1) is 12.7. The Labute approximate surface area is 155 Å². The van der Waals surface area contributed by atoms with Crippen molar-refractivity contribution in [3.63, 3.8) is 0 Å². The third-order valence-electron chi connectivity index (χ3n) is 5.81. The van der Waals surface area contributed by atoms with Crippen LogP contribution in [0.15, 0.2) is 24.3 Å². The average Bonchev–Trinajstić information content (AvgIpc) is 3.26. The van der Waals surface area contributed by atoms with Gasteiger partial charge in [0.1, 0.15) is 0 Å². The molecule has 5 heteroatoms. The molecule has 1 amide bonds. The number of benzene rings is 1. The first kappa shape index (κ1) is 17.3. The molecular weight excluding hydrogens is 324 g/mol. The van der Waals surface area contributed by atoms with Gasteiger partial charge in [-0.15, -0.1) is 0 Å². The number of aromatic nitrogens is 2. The summed E-state index contributed by atoms with van der Waals surface area (Å²) in [4.78, 5) is 12.9. The number of hydrogen-bond donors (Lipinski definition) is 2. The van der Waals surface area contributed by atoms with E-state index in [9.17, 15) is 4.79 Å². The third kappa shape index (κ3) is 3.16. The van der Waals surface area contributed by atoms with Crippen LogP contribution in [0.5, 0.6) is 0 Å². The van der Waals surface area contributed by atoms with Gasteiger partial charge in [-0.3, -0.25) is 4.79 Å². The van der Waals surface area contributed by atoms with Gasteiger partial charge in [0, 0.05) is 23.3 Å². The number of hydrogen-bond acceptors (Lipinski definition) is 3. The zero-order valence-electron chi connectivity index (χ0n) is 15.7. The summed E-state index contributed by atoms with van der Waals surface area (Å²) in [6.07, 6.45) is 6.20. The van der Waals surface area contributed by atoms with Gasteiger partial charge < -0.3 is 10.6 Å². The lowest BCUT2D eigenvalue weighted by Gasteiger charge is -2.30. The van der Waals surface area contributed by atoms with Gasteiger partial charge in [-0.25, -0.2) is 4.68 Å². The van der Waals surface area contributed by atoms with E-state index in [1.807, 2.05) is 4.68 Å². The maximum Gasteiger partial charge on any atom is 0.272 e. The van der Waals surface area contributed by atoms with Crippen molar-refractivity contribution in [1.82, 2.24) is 20.4 Å². The van der Waals surface area contributed by atoms with E-state index >= 15 is 0 Å². The zero-order chi connectivity index (χ0) is 18.1. The van der Waals surface area contributed by atoms with E-state index in [0.717, 1.165) is 56.3 Å². The highest BCUT2D eigenvalue weighted by Crippen LogP contribution is 2.28. The predicted molar refractivity (Wildman–Crippen MR) is 103 cm³/mol. The third-order valence-corrected chi connectivity index (χ3v) is 5.81. The number of nitrogens with zero attached hydrogens (tertiary/aromatic N) is 2. The highest BCUT2D eigenvalue weighted by molar-refractivity contribution is 5.94. The van der Waals surface area contributed by atoms with Crippen LogP contribution < -0.4 is 10.6 Å². The molecule has 4 rings (SSSR count). The lowest BCUT2D eigenvalue weighted by Crippen LogP contribution is -2.52. The summed E-state index contributed by atoms with van der Waals surface area (Å²) in [7, 11) is 0. The molecule has 1 fully saturated rings. The Morgan fingerprint density at radius 3 is 2.81 bits per heavy atom. The van der Waals surface area contributed by atoms with Crippen LogP contribution >= 0.6 is 0 Å². The summed E-state index contributed by atoms with van der Waals surface area (Å²) >= 11 is 0. The summed E-state index contributed by atoms with van der Waals surface area (Å²) in [5.41, 5.74) is 5.32. The Bertz CT molecular complexity index is 793. The molecule has 2 aromatic rings. The molecule has 138 valence electrons. The number of piperidine rings is 1. The highest BCUT2D eigenvalue weighted by Gasteiger charge is 2.29. The number of carbonyl (C=O) groups is 1. The van der Waals surface area contributed by atoms with Crippen LogP contribution in [0, 0.1) is 0 Å². The molecule has 26 heavy (non-hydrogen) atoms. The molecule has 1 aliphatic heterocycles. The van der Waals surface area contributed by atoms with Crippen LogP contribution in [0.4, 0.5) is 0 Å². The molecule has 2 aliphatic rings. The van der Waals surface area contributed by atoms with Gasteiger partial charge in [0.25, 0.3) is 5.91 Å². The summed E-state index contributed by atoms with van der Waals surface area (Å²) in [5.74, 6) is -0.0207. The van der Waals surface area contributed by atoms with Crippen LogP contribution in [0.2, 0.25) is 0 Å². The zero-order valence-corrected chi connectivity index (χ0v) is 15.7. The lowest BCUT2D eigenvalue weighted by atomic mass is 9.99. The van der Waals surface area contributed by atoms with Gasteiger partial charge in [0.2, 0.25) is 0 Å². The molecule has 1 aromatic carbocycles. The van der Waals surface area contributed by atoms with Crippen molar-refractivity contribution in [3.05, 3.63) is 46.8 Å². The van der Waals surface area contributed by atoms with E-state index in [1.165, 1.54) is 11.3 Å². The maximum atomic E-state index is 12.9. The first-order valence-corrected chi connectivity index (χ1v) is 9.91. The van der Waals surface area contributed by atoms with Gasteiger partial charge in [0.15, 0.2) is 5.69 Å². The minimum absolute atomic E-state index is 0.0207. The first-order valence-electron chi connectivity index (χ1n) is 9.91. The predicted octanol–water partition coefficient (Wildman–Crippen LogP) is 2.79. The fourth-order valence-corrected chi connectivity index (χ4v) is 4.18. The standard InChI is InChI=1S/C21H28N4O/c1-3-15-9-11-16(12-10-15)25-19-8-4-6-17(19)20(24-25)21(26)23-18-7-5-13-22-14(18)2/h9-12,14,18,22H,3-8,13H2,1-2H3,(H,23,26). The summed E-state index contributed by atoms with van der Waals surface area (Å²) < 4.78 is 1.99. The molecule has 0 radical (unpaired) electrons. The summed E-state index contributed by atoms with van der Waals surface area (Å²) in [5, 5.41) is 11.4. The molecule has 2 unspecified atom stereocenters. The molecule has 0 saturated carbocycles. The highest BCUT2D eigenvalue weighted by atomic mass is 16.2. The minimum Gasteiger partial charge on any atom is -0.346 e. The van der Waals surface area contributed by atoms with Gasteiger partial charge in [0.05, 0.1) is 5.69 Å². The van der Waals surface area contributed by atoms with Gasteiger partial charge in [-0.1, -0.05) is 19.1 Å². The van der Waals surface area contributed by atoms with E-state index in [-0.39, 0.29) is 11.9 Å². The van der Waals surface area contributed by atoms with Crippen LogP contribution in [0.25, 0.3) is 5.69 Å². The Morgan fingerprint density at radius 2 is 2.08 bits per heavy atom. The number of nitrogens with one attached hydrogen (secondary N) is 2. The smallest absolute Gasteiger partial charge is 0.272 e. The second-order valence-corrected chi connectivity index (χ2v) is 7.52. The van der Waals surface area contributed by atoms with Gasteiger partial charge in [-0.05, 0) is 69.7 Å². The Hall–Kier alpha value is -2.14. The number of carbonyl (C=O) groups excluding carboxylic acids is 1. The van der Waals surface area contributed by atoms with Crippen molar-refractivity contribution in [3.8, 4) is 5.69 Å². The molecule has 1 aromatic heterocycles. The molecule has 5 nitrogen and oxygen atoms in total. The fourth-order valence-electron chi connectivity index (χ4n) is 4.18. The van der Waals surface area contributed by atoms with E-state index in [0.29, 0.717) is 11.7 Å². The van der Waals surface area contributed by atoms with Crippen molar-refractivity contribution in [1.29, 1.82) is 0 Å². The quantitative estimate of drug-likeness (QED) is 0.890. The Kier molecular flexibility index (Phi) is 4.81. The molecular formula is C21H28N4O. The van der Waals surface area contributed by atoms with Crippen molar-refractivity contribution in [2.45, 2.75) is 64.5 Å². The van der Waals surface area contributed by atoms with Crippen LogP contribution in [0.3, 0.4) is 0 Å². The van der Waals surface area contributed by atoms with Crippen molar-refractivity contribution in [2.75, 3.05) is 6.54 Å². The largest absolute Gasteiger partial charge is 0.346 e. The second kappa shape index (κ2) is 7.23.